The molecule has 118 valence electrons. The molecule has 1 heterocycles. The van der Waals surface area contributed by atoms with Crippen molar-refractivity contribution in [2.45, 2.75) is 31.0 Å². The Bertz CT molecular complexity index is 701. The topological polar surface area (TPSA) is 32.5 Å². The van der Waals surface area contributed by atoms with Gasteiger partial charge in [0.25, 0.3) is 0 Å². The number of benzene rings is 2. The Morgan fingerprint density at radius 2 is 1.65 bits per heavy atom. The zero-order valence-corrected chi connectivity index (χ0v) is 13.5. The fraction of sp³-hybridized carbons (Fsp3) is 0.300. The van der Waals surface area contributed by atoms with Gasteiger partial charge in [-0.25, -0.2) is 0 Å². The predicted molar refractivity (Wildman–Crippen MR) is 94.7 cm³/mol. The van der Waals surface area contributed by atoms with Gasteiger partial charge in [-0.15, -0.1) is 0 Å². The van der Waals surface area contributed by atoms with Crippen LogP contribution in [-0.2, 0) is 5.54 Å². The molecule has 1 fully saturated rings. The molecule has 1 unspecified atom stereocenters. The first-order valence-corrected chi connectivity index (χ1v) is 8.30. The van der Waals surface area contributed by atoms with Gasteiger partial charge in [-0.3, -0.25) is 0 Å². The second-order valence-corrected chi connectivity index (χ2v) is 6.71. The molecule has 0 aromatic heterocycles. The maximum atomic E-state index is 6.44. The van der Waals surface area contributed by atoms with Gasteiger partial charge in [0.2, 0.25) is 0 Å². The Hall–Kier alpha value is -2.26. The van der Waals surface area contributed by atoms with Crippen molar-refractivity contribution in [3.63, 3.8) is 0 Å². The molecular formula is C20H23N3. The van der Waals surface area contributed by atoms with Gasteiger partial charge in [-0.05, 0) is 42.5 Å². The second-order valence-electron chi connectivity index (χ2n) is 6.71. The summed E-state index contributed by atoms with van der Waals surface area (Å²) in [5.41, 5.74) is 10.1. The predicted octanol–water partition coefficient (Wildman–Crippen LogP) is 3.95. The monoisotopic (exact) mass is 305 g/mol. The summed E-state index contributed by atoms with van der Waals surface area (Å²) in [6.07, 6.45) is 7.92. The standard InChI is InChI=1S/C20H23N3/c1-22-14-15-23(18-6-3-2-4-7-18)19(22)16-8-10-17(11-9-16)20(21)12-5-13-20/h2-4,6-11,14-15,19H,5,12-13,21H2,1H3. The van der Waals surface area contributed by atoms with E-state index in [2.05, 4.69) is 83.8 Å². The molecule has 2 aliphatic rings. The summed E-state index contributed by atoms with van der Waals surface area (Å²) in [6, 6.07) is 19.4. The molecule has 0 spiro atoms. The third-order valence-corrected chi connectivity index (χ3v) is 5.20. The summed E-state index contributed by atoms with van der Waals surface area (Å²) in [4.78, 5) is 4.54. The van der Waals surface area contributed by atoms with Crippen LogP contribution in [0.25, 0.3) is 0 Å². The maximum absolute atomic E-state index is 6.44. The molecule has 2 aromatic rings. The first kappa shape index (κ1) is 14.3. The van der Waals surface area contributed by atoms with Gasteiger partial charge in [0.05, 0.1) is 0 Å². The van der Waals surface area contributed by atoms with Crippen LogP contribution in [0.4, 0.5) is 5.69 Å². The van der Waals surface area contributed by atoms with E-state index in [0.717, 1.165) is 12.8 Å². The molecule has 23 heavy (non-hydrogen) atoms. The highest BCUT2D eigenvalue weighted by Gasteiger charge is 2.34. The molecule has 4 rings (SSSR count). The number of para-hydroxylation sites is 1. The van der Waals surface area contributed by atoms with Crippen molar-refractivity contribution in [2.24, 2.45) is 5.73 Å². The van der Waals surface area contributed by atoms with Crippen LogP contribution in [0.1, 0.15) is 36.6 Å². The minimum atomic E-state index is -0.0858. The summed E-state index contributed by atoms with van der Waals surface area (Å²) in [5.74, 6) is 0. The lowest BCUT2D eigenvalue weighted by Crippen LogP contribution is -2.43. The molecule has 1 saturated carbocycles. The van der Waals surface area contributed by atoms with Crippen LogP contribution in [0.3, 0.4) is 0 Å². The van der Waals surface area contributed by atoms with Crippen molar-refractivity contribution in [3.8, 4) is 0 Å². The molecule has 0 saturated heterocycles. The zero-order valence-electron chi connectivity index (χ0n) is 13.5. The van der Waals surface area contributed by atoms with Crippen LogP contribution in [0.2, 0.25) is 0 Å². The quantitative estimate of drug-likeness (QED) is 0.932. The van der Waals surface area contributed by atoms with Crippen molar-refractivity contribution in [1.82, 2.24) is 4.90 Å². The van der Waals surface area contributed by atoms with Gasteiger partial charge in [0.15, 0.2) is 0 Å². The van der Waals surface area contributed by atoms with E-state index >= 15 is 0 Å². The van der Waals surface area contributed by atoms with E-state index in [1.54, 1.807) is 0 Å². The first-order valence-electron chi connectivity index (χ1n) is 8.30. The Labute approximate surface area is 138 Å². The van der Waals surface area contributed by atoms with Gasteiger partial charge in [-0.1, -0.05) is 42.5 Å². The molecule has 0 amide bonds. The van der Waals surface area contributed by atoms with E-state index in [0.29, 0.717) is 0 Å². The van der Waals surface area contributed by atoms with Crippen LogP contribution >= 0.6 is 0 Å². The highest BCUT2D eigenvalue weighted by molar-refractivity contribution is 5.53. The molecule has 2 N–H and O–H groups in total. The first-order chi connectivity index (χ1) is 11.2. The smallest absolute Gasteiger partial charge is 0.131 e. The van der Waals surface area contributed by atoms with Crippen molar-refractivity contribution in [1.29, 1.82) is 0 Å². The average Bonchev–Trinajstić information content (AvgIpc) is 2.95. The molecule has 1 aliphatic carbocycles. The van der Waals surface area contributed by atoms with Crippen LogP contribution < -0.4 is 10.6 Å². The molecule has 3 nitrogen and oxygen atoms in total. The van der Waals surface area contributed by atoms with Crippen LogP contribution in [0.15, 0.2) is 67.0 Å². The lowest BCUT2D eigenvalue weighted by Gasteiger charge is -2.39. The Morgan fingerprint density at radius 3 is 2.26 bits per heavy atom. The Kier molecular flexibility index (Phi) is 3.38. The molecular weight excluding hydrogens is 282 g/mol. The van der Waals surface area contributed by atoms with Crippen molar-refractivity contribution < 1.29 is 0 Å². The summed E-state index contributed by atoms with van der Waals surface area (Å²) in [5, 5.41) is 0. The van der Waals surface area contributed by atoms with E-state index in [1.165, 1.54) is 23.2 Å². The normalized spacial score (nSPS) is 22.3. The molecule has 1 aliphatic heterocycles. The SMILES string of the molecule is CN1C=CN(c2ccccc2)C1c1ccc(C2(N)CCC2)cc1. The second kappa shape index (κ2) is 5.43. The van der Waals surface area contributed by atoms with E-state index in [9.17, 15) is 0 Å². The lowest BCUT2D eigenvalue weighted by atomic mass is 9.72. The molecule has 1 atom stereocenters. The molecule has 0 bridgehead atoms. The molecule has 0 radical (unpaired) electrons. The zero-order chi connectivity index (χ0) is 15.9. The lowest BCUT2D eigenvalue weighted by molar-refractivity contribution is 0.253. The minimum absolute atomic E-state index is 0.0858. The average molecular weight is 305 g/mol. The highest BCUT2D eigenvalue weighted by Crippen LogP contribution is 2.40. The van der Waals surface area contributed by atoms with Gasteiger partial charge in [0.1, 0.15) is 6.17 Å². The Balaban J connectivity index is 1.63. The van der Waals surface area contributed by atoms with Crippen molar-refractivity contribution >= 4 is 5.69 Å². The fourth-order valence-electron chi connectivity index (χ4n) is 3.59. The summed E-state index contributed by atoms with van der Waals surface area (Å²) in [6.45, 7) is 0. The number of rotatable bonds is 3. The van der Waals surface area contributed by atoms with E-state index in [4.69, 9.17) is 5.73 Å². The minimum Gasteiger partial charge on any atom is -0.355 e. The van der Waals surface area contributed by atoms with Gasteiger partial charge in [0, 0.05) is 30.7 Å². The number of anilines is 1. The fourth-order valence-corrected chi connectivity index (χ4v) is 3.59. The number of nitrogens with zero attached hydrogens (tertiary/aromatic N) is 2. The van der Waals surface area contributed by atoms with Gasteiger partial charge < -0.3 is 15.5 Å². The summed E-state index contributed by atoms with van der Waals surface area (Å²) < 4.78 is 0. The highest BCUT2D eigenvalue weighted by atomic mass is 15.4. The maximum Gasteiger partial charge on any atom is 0.131 e. The number of nitrogens with two attached hydrogens (primary N) is 1. The largest absolute Gasteiger partial charge is 0.355 e. The molecule has 3 heteroatoms. The van der Waals surface area contributed by atoms with Gasteiger partial charge >= 0.3 is 0 Å². The van der Waals surface area contributed by atoms with Gasteiger partial charge in [-0.2, -0.15) is 0 Å². The number of hydrogen-bond acceptors (Lipinski definition) is 3. The number of hydrogen-bond donors (Lipinski definition) is 1. The summed E-state index contributed by atoms with van der Waals surface area (Å²) >= 11 is 0. The van der Waals surface area contributed by atoms with Crippen molar-refractivity contribution in [3.05, 3.63) is 78.1 Å². The van der Waals surface area contributed by atoms with Crippen LogP contribution in [0, 0.1) is 0 Å². The van der Waals surface area contributed by atoms with E-state index < -0.39 is 0 Å². The molecule has 2 aromatic carbocycles. The van der Waals surface area contributed by atoms with Crippen LogP contribution in [0.5, 0.6) is 0 Å². The van der Waals surface area contributed by atoms with Crippen LogP contribution in [-0.4, -0.2) is 11.9 Å². The Morgan fingerprint density at radius 1 is 0.957 bits per heavy atom. The summed E-state index contributed by atoms with van der Waals surface area (Å²) in [7, 11) is 2.12. The third-order valence-electron chi connectivity index (χ3n) is 5.20. The van der Waals surface area contributed by atoms with E-state index in [1.807, 2.05) is 0 Å². The van der Waals surface area contributed by atoms with E-state index in [-0.39, 0.29) is 11.7 Å². The van der Waals surface area contributed by atoms with Crippen molar-refractivity contribution in [2.75, 3.05) is 11.9 Å². The third kappa shape index (κ3) is 2.41.